The summed E-state index contributed by atoms with van der Waals surface area (Å²) in [5.74, 6) is 1.09. The molecule has 0 fully saturated rings. The minimum atomic E-state index is 0.446. The Bertz CT molecular complexity index is 377. The number of hydrogen-bond donors (Lipinski definition) is 1. The lowest BCUT2D eigenvalue weighted by Crippen LogP contribution is -2.04. The normalized spacial score (nSPS) is 20.1. The molecule has 1 N–H and O–H groups in total. The Kier molecular flexibility index (Phi) is 3.59. The van der Waals surface area contributed by atoms with Gasteiger partial charge in [0.15, 0.2) is 5.17 Å². The molecule has 1 aliphatic heterocycles. The molecule has 2 rings (SSSR count). The predicted octanol–water partition coefficient (Wildman–Crippen LogP) is 3.31. The topological polar surface area (TPSA) is 24.4 Å². The summed E-state index contributed by atoms with van der Waals surface area (Å²) in [6, 6.07) is 8.85. The number of benzene rings is 1. The van der Waals surface area contributed by atoms with E-state index >= 15 is 0 Å². The second kappa shape index (κ2) is 4.94. The third kappa shape index (κ3) is 2.92. The first-order chi connectivity index (χ1) is 7.28. The van der Waals surface area contributed by atoms with E-state index in [9.17, 15) is 0 Å². The summed E-state index contributed by atoms with van der Waals surface area (Å²) >= 11 is 3.55. The summed E-state index contributed by atoms with van der Waals surface area (Å²) in [5, 5.41) is 4.39. The van der Waals surface area contributed by atoms with Gasteiger partial charge in [0.1, 0.15) is 0 Å². The third-order valence-corrected chi connectivity index (χ3v) is 3.98. The molecule has 1 heterocycles. The molecule has 0 saturated heterocycles. The van der Waals surface area contributed by atoms with Crippen LogP contribution in [0.3, 0.4) is 0 Å². The summed E-state index contributed by atoms with van der Waals surface area (Å²) in [5.41, 5.74) is 1.13. The molecule has 2 nitrogen and oxygen atoms in total. The van der Waals surface area contributed by atoms with Crippen LogP contribution in [0.15, 0.2) is 34.2 Å². The van der Waals surface area contributed by atoms with E-state index in [-0.39, 0.29) is 0 Å². The Hall–Kier alpha value is -0.610. The van der Waals surface area contributed by atoms with E-state index in [2.05, 4.69) is 47.8 Å². The van der Waals surface area contributed by atoms with Gasteiger partial charge >= 0.3 is 0 Å². The van der Waals surface area contributed by atoms with Crippen molar-refractivity contribution in [3.8, 4) is 0 Å². The second-order valence-corrected chi connectivity index (χ2v) is 5.34. The van der Waals surface area contributed by atoms with Crippen LogP contribution in [0.5, 0.6) is 0 Å². The maximum atomic E-state index is 4.50. The number of hydrogen-bond acceptors (Lipinski definition) is 4. The van der Waals surface area contributed by atoms with Gasteiger partial charge in [0.25, 0.3) is 0 Å². The van der Waals surface area contributed by atoms with Crippen molar-refractivity contribution >= 4 is 34.4 Å². The van der Waals surface area contributed by atoms with Crippen molar-refractivity contribution in [3.63, 3.8) is 0 Å². The van der Waals surface area contributed by atoms with Gasteiger partial charge in [-0.3, -0.25) is 4.99 Å². The van der Waals surface area contributed by atoms with Gasteiger partial charge in [-0.1, -0.05) is 17.8 Å². The van der Waals surface area contributed by atoms with Crippen molar-refractivity contribution in [1.82, 2.24) is 0 Å². The molecule has 1 aromatic carbocycles. The second-order valence-electron chi connectivity index (χ2n) is 3.45. The number of thioether (sulfide) groups is 2. The van der Waals surface area contributed by atoms with Crippen LogP contribution in [-0.2, 0) is 0 Å². The molecule has 1 aromatic rings. The first kappa shape index (κ1) is 10.9. The molecule has 0 spiro atoms. The minimum Gasteiger partial charge on any atom is -0.335 e. The fourth-order valence-electron chi connectivity index (χ4n) is 1.37. The molecule has 0 radical (unpaired) electrons. The zero-order valence-electron chi connectivity index (χ0n) is 8.86. The quantitative estimate of drug-likeness (QED) is 0.800. The maximum Gasteiger partial charge on any atom is 0.161 e. The van der Waals surface area contributed by atoms with Crippen LogP contribution < -0.4 is 5.32 Å². The fraction of sp³-hybridized carbons (Fsp3) is 0.364. The van der Waals surface area contributed by atoms with Crippen LogP contribution in [0.2, 0.25) is 0 Å². The molecular weight excluding hydrogens is 224 g/mol. The van der Waals surface area contributed by atoms with Crippen LogP contribution in [-0.4, -0.2) is 23.2 Å². The van der Waals surface area contributed by atoms with Crippen molar-refractivity contribution in [2.75, 3.05) is 17.3 Å². The number of nitrogens with zero attached hydrogens (tertiary/aromatic N) is 1. The monoisotopic (exact) mass is 238 g/mol. The van der Waals surface area contributed by atoms with Crippen LogP contribution in [0, 0.1) is 0 Å². The smallest absolute Gasteiger partial charge is 0.161 e. The lowest BCUT2D eigenvalue weighted by Gasteiger charge is -2.05. The molecular formula is C11H14N2S2. The van der Waals surface area contributed by atoms with Gasteiger partial charge in [0.05, 0.1) is 6.04 Å². The van der Waals surface area contributed by atoms with Crippen LogP contribution >= 0.6 is 23.5 Å². The molecule has 4 heteroatoms. The molecule has 0 saturated carbocycles. The Labute approximate surface area is 98.9 Å². The molecule has 1 atom stereocenters. The molecule has 0 bridgehead atoms. The van der Waals surface area contributed by atoms with E-state index in [0.29, 0.717) is 6.04 Å². The van der Waals surface area contributed by atoms with Crippen LogP contribution in [0.4, 0.5) is 5.69 Å². The number of anilines is 1. The molecule has 80 valence electrons. The maximum absolute atomic E-state index is 4.50. The molecule has 15 heavy (non-hydrogen) atoms. The van der Waals surface area contributed by atoms with E-state index in [4.69, 9.17) is 0 Å². The first-order valence-corrected chi connectivity index (χ1v) is 7.10. The van der Waals surface area contributed by atoms with Gasteiger partial charge in [0.2, 0.25) is 0 Å². The van der Waals surface area contributed by atoms with Gasteiger partial charge in [-0.05, 0) is 31.4 Å². The average Bonchev–Trinajstić information content (AvgIpc) is 2.64. The van der Waals surface area contributed by atoms with Crippen molar-refractivity contribution < 1.29 is 0 Å². The summed E-state index contributed by atoms with van der Waals surface area (Å²) in [7, 11) is 0. The number of nitrogens with one attached hydrogen (secondary N) is 1. The lowest BCUT2D eigenvalue weighted by molar-refractivity contribution is 0.865. The highest BCUT2D eigenvalue weighted by molar-refractivity contribution is 8.14. The number of aliphatic imine (C=N–C) groups is 1. The molecule has 0 aliphatic carbocycles. The Balaban J connectivity index is 2.07. The zero-order chi connectivity index (χ0) is 10.7. The van der Waals surface area contributed by atoms with Crippen molar-refractivity contribution in [2.45, 2.75) is 17.9 Å². The summed E-state index contributed by atoms with van der Waals surface area (Å²) in [4.78, 5) is 5.78. The van der Waals surface area contributed by atoms with E-state index in [1.807, 2.05) is 0 Å². The van der Waals surface area contributed by atoms with Crippen LogP contribution in [0.25, 0.3) is 0 Å². The molecule has 1 aliphatic rings. The van der Waals surface area contributed by atoms with Crippen molar-refractivity contribution in [3.05, 3.63) is 24.3 Å². The predicted molar refractivity (Wildman–Crippen MR) is 71.2 cm³/mol. The van der Waals surface area contributed by atoms with Gasteiger partial charge in [-0.15, -0.1) is 11.8 Å². The largest absolute Gasteiger partial charge is 0.335 e. The SMILES string of the molecule is CSc1cccc(NC2=NC(C)CS2)c1. The average molecular weight is 238 g/mol. The van der Waals surface area contributed by atoms with E-state index in [1.165, 1.54) is 4.90 Å². The summed E-state index contributed by atoms with van der Waals surface area (Å²) in [6.07, 6.45) is 2.09. The van der Waals surface area contributed by atoms with E-state index in [1.54, 1.807) is 23.5 Å². The highest BCUT2D eigenvalue weighted by Crippen LogP contribution is 2.23. The number of rotatable bonds is 2. The van der Waals surface area contributed by atoms with Crippen LogP contribution in [0.1, 0.15) is 6.92 Å². The highest BCUT2D eigenvalue weighted by Gasteiger charge is 2.13. The highest BCUT2D eigenvalue weighted by atomic mass is 32.2. The van der Waals surface area contributed by atoms with E-state index < -0.39 is 0 Å². The summed E-state index contributed by atoms with van der Waals surface area (Å²) in [6.45, 7) is 2.14. The Morgan fingerprint density at radius 3 is 3.07 bits per heavy atom. The van der Waals surface area contributed by atoms with E-state index in [0.717, 1.165) is 16.6 Å². The van der Waals surface area contributed by atoms with Crippen molar-refractivity contribution in [1.29, 1.82) is 0 Å². The zero-order valence-corrected chi connectivity index (χ0v) is 10.5. The number of amidine groups is 1. The third-order valence-electron chi connectivity index (χ3n) is 2.12. The van der Waals surface area contributed by atoms with Gasteiger partial charge in [0, 0.05) is 16.3 Å². The van der Waals surface area contributed by atoms with Crippen molar-refractivity contribution in [2.24, 2.45) is 4.99 Å². The fourth-order valence-corrected chi connectivity index (χ4v) is 2.74. The Morgan fingerprint density at radius 1 is 1.53 bits per heavy atom. The Morgan fingerprint density at radius 2 is 2.40 bits per heavy atom. The molecule has 0 aromatic heterocycles. The minimum absolute atomic E-state index is 0.446. The summed E-state index contributed by atoms with van der Waals surface area (Å²) < 4.78 is 0. The molecule has 1 unspecified atom stereocenters. The lowest BCUT2D eigenvalue weighted by atomic mass is 10.3. The van der Waals surface area contributed by atoms with Gasteiger partial charge in [-0.25, -0.2) is 0 Å². The van der Waals surface area contributed by atoms with Gasteiger partial charge < -0.3 is 5.32 Å². The first-order valence-electron chi connectivity index (χ1n) is 4.89. The molecule has 0 amide bonds. The van der Waals surface area contributed by atoms with Gasteiger partial charge in [-0.2, -0.15) is 0 Å². The standard InChI is InChI=1S/C11H14N2S2/c1-8-7-15-11(12-8)13-9-4-3-5-10(6-9)14-2/h3-6,8H,7H2,1-2H3,(H,12,13).